The van der Waals surface area contributed by atoms with E-state index in [9.17, 15) is 0 Å². The number of nitrogens with two attached hydrogens (primary N) is 1. The van der Waals surface area contributed by atoms with Crippen LogP contribution in [0.4, 0.5) is 0 Å². The largest absolute Gasteiger partial charge is 0.488 e. The van der Waals surface area contributed by atoms with E-state index in [1.807, 2.05) is 35.7 Å². The summed E-state index contributed by atoms with van der Waals surface area (Å²) in [5.41, 5.74) is 6.42. The first kappa shape index (κ1) is 13.9. The number of rotatable bonds is 5. The van der Waals surface area contributed by atoms with Crippen LogP contribution in [0.3, 0.4) is 0 Å². The van der Waals surface area contributed by atoms with Crippen LogP contribution < -0.4 is 10.5 Å². The molecule has 0 saturated carbocycles. The molecule has 1 aromatic heterocycles. The molecule has 6 heteroatoms. The van der Waals surface area contributed by atoms with Gasteiger partial charge in [-0.25, -0.2) is 0 Å². The number of oxime groups is 1. The second-order valence-corrected chi connectivity index (χ2v) is 5.84. The van der Waals surface area contributed by atoms with Crippen LogP contribution in [0.5, 0.6) is 5.75 Å². The minimum absolute atomic E-state index is 0.192. The van der Waals surface area contributed by atoms with Gasteiger partial charge in [0.1, 0.15) is 18.2 Å². The van der Waals surface area contributed by atoms with E-state index in [1.54, 1.807) is 11.3 Å². The Balaban J connectivity index is 1.91. The molecular weight excluding hydrogens is 328 g/mol. The van der Waals surface area contributed by atoms with E-state index in [0.717, 1.165) is 20.7 Å². The Morgan fingerprint density at radius 2 is 2.11 bits per heavy atom. The highest BCUT2D eigenvalue weighted by Crippen LogP contribution is 2.22. The molecule has 100 valence electrons. The fourth-order valence-corrected chi connectivity index (χ4v) is 2.89. The van der Waals surface area contributed by atoms with Crippen molar-refractivity contribution in [3.05, 3.63) is 50.6 Å². The quantitative estimate of drug-likeness (QED) is 0.379. The number of halogens is 1. The van der Waals surface area contributed by atoms with Crippen molar-refractivity contribution in [1.82, 2.24) is 0 Å². The van der Waals surface area contributed by atoms with Gasteiger partial charge in [0.05, 0.1) is 0 Å². The lowest BCUT2D eigenvalue weighted by Crippen LogP contribution is -2.14. The van der Waals surface area contributed by atoms with Crippen LogP contribution in [0, 0.1) is 0 Å². The number of hydrogen-bond donors (Lipinski definition) is 2. The van der Waals surface area contributed by atoms with E-state index in [-0.39, 0.29) is 5.84 Å². The number of hydrogen-bond acceptors (Lipinski definition) is 4. The molecular formula is C13H13BrN2O2S. The average Bonchev–Trinajstić information content (AvgIpc) is 2.83. The zero-order valence-electron chi connectivity index (χ0n) is 10.0. The normalized spacial score (nSPS) is 11.5. The Labute approximate surface area is 123 Å². The van der Waals surface area contributed by atoms with Crippen molar-refractivity contribution in [2.45, 2.75) is 13.0 Å². The maximum atomic E-state index is 8.50. The third-order valence-electron chi connectivity index (χ3n) is 2.44. The molecule has 0 spiro atoms. The minimum atomic E-state index is 0.192. The minimum Gasteiger partial charge on any atom is -0.488 e. The van der Waals surface area contributed by atoms with Gasteiger partial charge in [-0.05, 0) is 39.7 Å². The average molecular weight is 341 g/mol. The highest BCUT2D eigenvalue weighted by Gasteiger charge is 2.01. The van der Waals surface area contributed by atoms with Crippen molar-refractivity contribution in [1.29, 1.82) is 0 Å². The molecule has 0 unspecified atom stereocenters. The summed E-state index contributed by atoms with van der Waals surface area (Å²) in [6.07, 6.45) is 0.425. The molecule has 0 aliphatic heterocycles. The highest BCUT2D eigenvalue weighted by molar-refractivity contribution is 9.10. The second-order valence-electron chi connectivity index (χ2n) is 3.93. The smallest absolute Gasteiger partial charge is 0.143 e. The fraction of sp³-hybridized carbons (Fsp3) is 0.154. The van der Waals surface area contributed by atoms with Gasteiger partial charge in [-0.3, -0.25) is 0 Å². The lowest BCUT2D eigenvalue weighted by Gasteiger charge is -2.05. The lowest BCUT2D eigenvalue weighted by atomic mass is 10.1. The number of benzene rings is 1. The van der Waals surface area contributed by atoms with Gasteiger partial charge >= 0.3 is 0 Å². The number of nitrogens with zero attached hydrogens (tertiary/aromatic N) is 1. The van der Waals surface area contributed by atoms with Crippen LogP contribution in [0.15, 0.2) is 45.3 Å². The van der Waals surface area contributed by atoms with Crippen molar-refractivity contribution < 1.29 is 9.94 Å². The standard InChI is InChI=1S/C13H13BrN2O2S/c14-10-6-12(19-8-10)7-18-11-3-1-9(2-4-11)5-13(15)16-17/h1-4,6,8,17H,5,7H2,(H2,15,16). The SMILES string of the molecule is NC(Cc1ccc(OCc2cc(Br)cs2)cc1)=NO. The molecule has 0 aliphatic carbocycles. The molecule has 2 aromatic rings. The van der Waals surface area contributed by atoms with Crippen molar-refractivity contribution in [2.24, 2.45) is 10.9 Å². The van der Waals surface area contributed by atoms with Crippen molar-refractivity contribution in [3.8, 4) is 5.75 Å². The third kappa shape index (κ3) is 4.25. The maximum absolute atomic E-state index is 8.50. The van der Waals surface area contributed by atoms with Crippen LogP contribution in [0.2, 0.25) is 0 Å². The van der Waals surface area contributed by atoms with Gasteiger partial charge < -0.3 is 15.7 Å². The Morgan fingerprint density at radius 1 is 1.37 bits per heavy atom. The molecule has 3 N–H and O–H groups in total. The van der Waals surface area contributed by atoms with E-state index in [4.69, 9.17) is 15.7 Å². The Kier molecular flexibility index (Phi) is 4.81. The monoisotopic (exact) mass is 340 g/mol. The molecule has 4 nitrogen and oxygen atoms in total. The number of ether oxygens (including phenoxy) is 1. The summed E-state index contributed by atoms with van der Waals surface area (Å²) in [7, 11) is 0. The maximum Gasteiger partial charge on any atom is 0.143 e. The fourth-order valence-electron chi connectivity index (χ4n) is 1.53. The second kappa shape index (κ2) is 6.58. The first-order valence-corrected chi connectivity index (χ1v) is 7.25. The van der Waals surface area contributed by atoms with Crippen LogP contribution in [0.1, 0.15) is 10.4 Å². The predicted octanol–water partition coefficient (Wildman–Crippen LogP) is 3.38. The molecule has 0 atom stereocenters. The molecule has 0 bridgehead atoms. The Hall–Kier alpha value is -1.53. The van der Waals surface area contributed by atoms with Gasteiger partial charge in [0, 0.05) is 21.2 Å². The van der Waals surface area contributed by atoms with Crippen molar-refractivity contribution in [3.63, 3.8) is 0 Å². The van der Waals surface area contributed by atoms with Gasteiger partial charge in [0.15, 0.2) is 0 Å². The predicted molar refractivity (Wildman–Crippen MR) is 79.9 cm³/mol. The van der Waals surface area contributed by atoms with Crippen molar-refractivity contribution >= 4 is 33.1 Å². The summed E-state index contributed by atoms with van der Waals surface area (Å²) in [5.74, 6) is 0.991. The molecule has 1 aromatic carbocycles. The van der Waals surface area contributed by atoms with Gasteiger partial charge in [-0.2, -0.15) is 0 Å². The van der Waals surface area contributed by atoms with Crippen LogP contribution in [-0.4, -0.2) is 11.0 Å². The van der Waals surface area contributed by atoms with Crippen LogP contribution >= 0.6 is 27.3 Å². The van der Waals surface area contributed by atoms with Gasteiger partial charge in [0.25, 0.3) is 0 Å². The first-order valence-electron chi connectivity index (χ1n) is 5.58. The first-order chi connectivity index (χ1) is 9.17. The number of amidine groups is 1. The summed E-state index contributed by atoms with van der Waals surface area (Å²) >= 11 is 5.06. The van der Waals surface area contributed by atoms with E-state index in [0.29, 0.717) is 13.0 Å². The summed E-state index contributed by atoms with van der Waals surface area (Å²) in [6.45, 7) is 0.551. The van der Waals surface area contributed by atoms with E-state index >= 15 is 0 Å². The van der Waals surface area contributed by atoms with E-state index in [2.05, 4.69) is 21.1 Å². The molecule has 2 rings (SSSR count). The molecule has 0 amide bonds. The molecule has 0 radical (unpaired) electrons. The molecule has 0 fully saturated rings. The lowest BCUT2D eigenvalue weighted by molar-refractivity contribution is 0.309. The van der Waals surface area contributed by atoms with Gasteiger partial charge in [-0.15, -0.1) is 11.3 Å². The molecule has 0 saturated heterocycles. The summed E-state index contributed by atoms with van der Waals surface area (Å²) in [5, 5.41) is 13.5. The van der Waals surface area contributed by atoms with Gasteiger partial charge in [-0.1, -0.05) is 17.3 Å². The molecule has 1 heterocycles. The zero-order chi connectivity index (χ0) is 13.7. The van der Waals surface area contributed by atoms with E-state index < -0.39 is 0 Å². The number of thiophene rings is 1. The van der Waals surface area contributed by atoms with E-state index in [1.165, 1.54) is 0 Å². The third-order valence-corrected chi connectivity index (χ3v) is 4.11. The van der Waals surface area contributed by atoms with Gasteiger partial charge in [0.2, 0.25) is 0 Å². The Bertz CT molecular complexity index is 566. The van der Waals surface area contributed by atoms with Crippen molar-refractivity contribution in [2.75, 3.05) is 0 Å². The summed E-state index contributed by atoms with van der Waals surface area (Å²) in [6, 6.07) is 9.60. The van der Waals surface area contributed by atoms with Crippen LogP contribution in [-0.2, 0) is 13.0 Å². The van der Waals surface area contributed by atoms with Crippen LogP contribution in [0.25, 0.3) is 0 Å². The highest BCUT2D eigenvalue weighted by atomic mass is 79.9. The summed E-state index contributed by atoms with van der Waals surface area (Å²) in [4.78, 5) is 1.16. The Morgan fingerprint density at radius 3 is 2.68 bits per heavy atom. The summed E-state index contributed by atoms with van der Waals surface area (Å²) < 4.78 is 6.74. The molecule has 19 heavy (non-hydrogen) atoms. The molecule has 0 aliphatic rings. The topological polar surface area (TPSA) is 67.8 Å². The zero-order valence-corrected chi connectivity index (χ0v) is 12.4.